The van der Waals surface area contributed by atoms with Crippen LogP contribution in [0.4, 0.5) is 5.82 Å². The second-order valence-electron chi connectivity index (χ2n) is 4.62. The molecule has 0 radical (unpaired) electrons. The van der Waals surface area contributed by atoms with E-state index in [9.17, 15) is 0 Å². The Kier molecular flexibility index (Phi) is 3.59. The second kappa shape index (κ2) is 5.70. The van der Waals surface area contributed by atoms with Crippen LogP contribution in [-0.2, 0) is 0 Å². The molecule has 1 aromatic carbocycles. The fourth-order valence-electron chi connectivity index (χ4n) is 2.16. The van der Waals surface area contributed by atoms with Gasteiger partial charge in [0.25, 0.3) is 0 Å². The first-order valence-electron chi connectivity index (χ1n) is 6.83. The summed E-state index contributed by atoms with van der Waals surface area (Å²) in [5.41, 5.74) is 3.61. The van der Waals surface area contributed by atoms with Crippen LogP contribution >= 0.6 is 0 Å². The zero-order chi connectivity index (χ0) is 14.7. The Balaban J connectivity index is 2.18. The van der Waals surface area contributed by atoms with Gasteiger partial charge in [0.1, 0.15) is 11.5 Å². The van der Waals surface area contributed by atoms with E-state index in [1.165, 1.54) is 0 Å². The third-order valence-corrected chi connectivity index (χ3v) is 3.18. The summed E-state index contributed by atoms with van der Waals surface area (Å²) in [5.74, 6) is 1.38. The lowest BCUT2D eigenvalue weighted by Gasteiger charge is -2.12. The number of anilines is 1. The largest absolute Gasteiger partial charge is 0.370 e. The molecule has 0 aliphatic rings. The van der Waals surface area contributed by atoms with E-state index >= 15 is 0 Å². The summed E-state index contributed by atoms with van der Waals surface area (Å²) < 4.78 is 0. The fraction of sp³-hybridized carbons (Fsp3) is 0.200. The highest BCUT2D eigenvalue weighted by Crippen LogP contribution is 2.27. The molecule has 0 saturated heterocycles. The Hall–Kier alpha value is -2.76. The average molecular weight is 280 g/mol. The number of benzene rings is 1. The molecule has 0 amide bonds. The maximum Gasteiger partial charge on any atom is 0.184 e. The predicted octanol–water partition coefficient (Wildman–Crippen LogP) is 2.67. The number of nitrogens with one attached hydrogen (secondary N) is 2. The number of hydrogen-bond donors (Lipinski definition) is 2. The van der Waals surface area contributed by atoms with Gasteiger partial charge in [0, 0.05) is 17.7 Å². The summed E-state index contributed by atoms with van der Waals surface area (Å²) in [6.07, 6.45) is 1.62. The Labute approximate surface area is 122 Å². The molecule has 0 atom stereocenters. The Morgan fingerprint density at radius 2 is 1.95 bits per heavy atom. The van der Waals surface area contributed by atoms with Gasteiger partial charge < -0.3 is 5.32 Å². The van der Waals surface area contributed by atoms with Crippen LogP contribution in [0.2, 0.25) is 0 Å². The van der Waals surface area contributed by atoms with Gasteiger partial charge in [-0.15, -0.1) is 0 Å². The van der Waals surface area contributed by atoms with Crippen LogP contribution in [0.25, 0.3) is 22.8 Å². The lowest BCUT2D eigenvalue weighted by atomic mass is 10.1. The standard InChI is InChI=1S/C15H16N6/c1-3-16-14-10(2)13(11-7-5-4-6-8-11)18-15(19-14)12-9-17-21-20-12/h4-9H,3H2,1-2H3,(H,16,18,19)(H,17,20,21). The molecule has 3 rings (SSSR count). The SMILES string of the molecule is CCNc1nc(-c2cn[nH]n2)nc(-c2ccccc2)c1C. The maximum absolute atomic E-state index is 4.65. The fourth-order valence-corrected chi connectivity index (χ4v) is 2.16. The van der Waals surface area contributed by atoms with Crippen molar-refractivity contribution in [1.29, 1.82) is 0 Å². The highest BCUT2D eigenvalue weighted by atomic mass is 15.3. The molecule has 6 heteroatoms. The normalized spacial score (nSPS) is 10.6. The minimum absolute atomic E-state index is 0.559. The maximum atomic E-state index is 4.65. The van der Waals surface area contributed by atoms with Gasteiger partial charge in [-0.2, -0.15) is 15.4 Å². The number of rotatable bonds is 4. The van der Waals surface area contributed by atoms with E-state index in [-0.39, 0.29) is 0 Å². The van der Waals surface area contributed by atoms with Gasteiger partial charge in [-0.05, 0) is 13.8 Å². The van der Waals surface area contributed by atoms with Crippen molar-refractivity contribution in [2.45, 2.75) is 13.8 Å². The van der Waals surface area contributed by atoms with Crippen LogP contribution in [0.15, 0.2) is 36.5 Å². The summed E-state index contributed by atoms with van der Waals surface area (Å²) in [5, 5.41) is 13.8. The van der Waals surface area contributed by atoms with Gasteiger partial charge in [0.15, 0.2) is 5.82 Å². The van der Waals surface area contributed by atoms with Gasteiger partial charge in [0.05, 0.1) is 11.9 Å². The van der Waals surface area contributed by atoms with Crippen LogP contribution in [0.5, 0.6) is 0 Å². The summed E-state index contributed by atoms with van der Waals surface area (Å²) >= 11 is 0. The molecule has 2 heterocycles. The number of aromatic amines is 1. The second-order valence-corrected chi connectivity index (χ2v) is 4.62. The van der Waals surface area contributed by atoms with Gasteiger partial charge in [-0.25, -0.2) is 9.97 Å². The molecule has 0 fully saturated rings. The number of aromatic nitrogens is 5. The molecule has 2 aromatic heterocycles. The zero-order valence-electron chi connectivity index (χ0n) is 12.0. The summed E-state index contributed by atoms with van der Waals surface area (Å²) in [6.45, 7) is 4.86. The summed E-state index contributed by atoms with van der Waals surface area (Å²) in [4.78, 5) is 9.20. The molecular formula is C15H16N6. The molecule has 0 saturated carbocycles. The predicted molar refractivity (Wildman–Crippen MR) is 81.7 cm³/mol. The molecule has 0 spiro atoms. The lowest BCUT2D eigenvalue weighted by Crippen LogP contribution is -2.06. The van der Waals surface area contributed by atoms with Crippen molar-refractivity contribution in [3.8, 4) is 22.8 Å². The lowest BCUT2D eigenvalue weighted by molar-refractivity contribution is 0.938. The number of hydrogen-bond acceptors (Lipinski definition) is 5. The molecule has 0 bridgehead atoms. The molecule has 21 heavy (non-hydrogen) atoms. The van der Waals surface area contributed by atoms with Crippen molar-refractivity contribution < 1.29 is 0 Å². The van der Waals surface area contributed by atoms with E-state index in [4.69, 9.17) is 0 Å². The van der Waals surface area contributed by atoms with E-state index in [0.717, 1.165) is 29.2 Å². The average Bonchev–Trinajstić information content (AvgIpc) is 3.05. The van der Waals surface area contributed by atoms with Crippen LogP contribution in [0, 0.1) is 6.92 Å². The van der Waals surface area contributed by atoms with Crippen LogP contribution in [-0.4, -0.2) is 31.9 Å². The highest BCUT2D eigenvalue weighted by molar-refractivity contribution is 5.70. The molecule has 0 unspecified atom stereocenters. The molecule has 6 nitrogen and oxygen atoms in total. The summed E-state index contributed by atoms with van der Waals surface area (Å²) in [6, 6.07) is 10.1. The minimum atomic E-state index is 0.559. The van der Waals surface area contributed by atoms with E-state index in [0.29, 0.717) is 11.5 Å². The van der Waals surface area contributed by atoms with Gasteiger partial charge >= 0.3 is 0 Å². The Morgan fingerprint density at radius 3 is 2.62 bits per heavy atom. The van der Waals surface area contributed by atoms with Crippen molar-refractivity contribution in [2.75, 3.05) is 11.9 Å². The van der Waals surface area contributed by atoms with Gasteiger partial charge in [-0.3, -0.25) is 0 Å². The Bertz CT molecular complexity index is 721. The monoisotopic (exact) mass is 280 g/mol. The zero-order valence-corrected chi connectivity index (χ0v) is 12.0. The van der Waals surface area contributed by atoms with Crippen LogP contribution < -0.4 is 5.32 Å². The molecular weight excluding hydrogens is 264 g/mol. The number of H-pyrrole nitrogens is 1. The third kappa shape index (κ3) is 2.60. The quantitative estimate of drug-likeness (QED) is 0.768. The molecule has 106 valence electrons. The molecule has 0 aliphatic carbocycles. The first kappa shape index (κ1) is 13.2. The van der Waals surface area contributed by atoms with Crippen molar-refractivity contribution in [2.24, 2.45) is 0 Å². The minimum Gasteiger partial charge on any atom is -0.370 e. The number of nitrogens with zero attached hydrogens (tertiary/aromatic N) is 4. The van der Waals surface area contributed by atoms with Crippen LogP contribution in [0.3, 0.4) is 0 Å². The van der Waals surface area contributed by atoms with Crippen molar-refractivity contribution in [1.82, 2.24) is 25.4 Å². The smallest absolute Gasteiger partial charge is 0.184 e. The first-order chi connectivity index (χ1) is 10.3. The van der Waals surface area contributed by atoms with Crippen LogP contribution in [0.1, 0.15) is 12.5 Å². The topological polar surface area (TPSA) is 79.4 Å². The highest BCUT2D eigenvalue weighted by Gasteiger charge is 2.14. The van der Waals surface area contributed by atoms with E-state index in [1.807, 2.05) is 44.2 Å². The van der Waals surface area contributed by atoms with E-state index < -0.39 is 0 Å². The molecule has 2 N–H and O–H groups in total. The van der Waals surface area contributed by atoms with Crippen molar-refractivity contribution in [3.63, 3.8) is 0 Å². The van der Waals surface area contributed by atoms with Crippen molar-refractivity contribution >= 4 is 5.82 Å². The van der Waals surface area contributed by atoms with Gasteiger partial charge in [-0.1, -0.05) is 30.3 Å². The third-order valence-electron chi connectivity index (χ3n) is 3.18. The van der Waals surface area contributed by atoms with Crippen molar-refractivity contribution in [3.05, 3.63) is 42.1 Å². The molecule has 3 aromatic rings. The van der Waals surface area contributed by atoms with E-state index in [1.54, 1.807) is 6.20 Å². The van der Waals surface area contributed by atoms with E-state index in [2.05, 4.69) is 30.7 Å². The Morgan fingerprint density at radius 1 is 1.14 bits per heavy atom. The summed E-state index contributed by atoms with van der Waals surface area (Å²) in [7, 11) is 0. The molecule has 0 aliphatic heterocycles. The first-order valence-corrected chi connectivity index (χ1v) is 6.83. The van der Waals surface area contributed by atoms with Gasteiger partial charge in [0.2, 0.25) is 0 Å².